The van der Waals surface area contributed by atoms with Crippen LogP contribution in [0.15, 0.2) is 53.7 Å². The summed E-state index contributed by atoms with van der Waals surface area (Å²) in [5, 5.41) is 11.1. The minimum Gasteiger partial charge on any atom is -0.325 e. The predicted molar refractivity (Wildman–Crippen MR) is 113 cm³/mol. The number of fused-ring (bicyclic) bond motifs is 1. The van der Waals surface area contributed by atoms with Crippen LogP contribution in [0.5, 0.6) is 0 Å². The topological polar surface area (TPSA) is 88.9 Å². The summed E-state index contributed by atoms with van der Waals surface area (Å²) >= 11 is 13.4. The third-order valence-corrected chi connectivity index (χ3v) is 5.70. The van der Waals surface area contributed by atoms with Gasteiger partial charge in [0, 0.05) is 10.8 Å². The second-order valence-electron chi connectivity index (χ2n) is 6.32. The van der Waals surface area contributed by atoms with E-state index < -0.39 is 6.04 Å². The van der Waals surface area contributed by atoms with Crippen LogP contribution in [0.3, 0.4) is 0 Å². The van der Waals surface area contributed by atoms with Gasteiger partial charge in [0.25, 0.3) is 5.91 Å². The molecule has 0 saturated carbocycles. The maximum atomic E-state index is 12.4. The summed E-state index contributed by atoms with van der Waals surface area (Å²) in [6, 6.07) is 13.9. The second-order valence-corrected chi connectivity index (χ2v) is 8.10. The van der Waals surface area contributed by atoms with E-state index in [-0.39, 0.29) is 18.2 Å². The highest BCUT2D eigenvalue weighted by Crippen LogP contribution is 2.30. The summed E-state index contributed by atoms with van der Waals surface area (Å²) in [6.07, 6.45) is -0.0933. The fourth-order valence-corrected chi connectivity index (χ4v) is 4.08. The Morgan fingerprint density at radius 2 is 2.00 bits per heavy atom. The number of nitrogens with zero attached hydrogens (tertiary/aromatic N) is 3. The lowest BCUT2D eigenvalue weighted by Crippen LogP contribution is -2.23. The molecule has 4 rings (SSSR count). The van der Waals surface area contributed by atoms with E-state index in [0.717, 1.165) is 5.56 Å². The molecule has 0 fully saturated rings. The van der Waals surface area contributed by atoms with E-state index in [1.54, 1.807) is 12.1 Å². The monoisotopic (exact) mass is 447 g/mol. The van der Waals surface area contributed by atoms with E-state index in [2.05, 4.69) is 20.7 Å². The molecule has 0 unspecified atom stereocenters. The van der Waals surface area contributed by atoms with Crippen molar-refractivity contribution in [2.24, 2.45) is 0 Å². The minimum absolute atomic E-state index is 0.0933. The highest BCUT2D eigenvalue weighted by Gasteiger charge is 2.35. The van der Waals surface area contributed by atoms with Gasteiger partial charge >= 0.3 is 0 Å². The molecule has 3 aromatic rings. The zero-order valence-corrected chi connectivity index (χ0v) is 17.3. The fraction of sp³-hybridized carbons (Fsp3) is 0.158. The van der Waals surface area contributed by atoms with Crippen molar-refractivity contribution in [3.63, 3.8) is 0 Å². The first kappa shape index (κ1) is 19.8. The van der Waals surface area contributed by atoms with Crippen LogP contribution in [0.1, 0.15) is 18.0 Å². The van der Waals surface area contributed by atoms with E-state index in [0.29, 0.717) is 32.6 Å². The Hall–Kier alpha value is -2.55. The molecule has 148 valence electrons. The van der Waals surface area contributed by atoms with E-state index in [9.17, 15) is 9.59 Å². The van der Waals surface area contributed by atoms with Gasteiger partial charge in [-0.25, -0.2) is 4.68 Å². The van der Waals surface area contributed by atoms with Gasteiger partial charge in [-0.15, -0.1) is 5.10 Å². The van der Waals surface area contributed by atoms with Crippen LogP contribution >= 0.6 is 35.0 Å². The zero-order chi connectivity index (χ0) is 20.4. The molecule has 2 aromatic carbocycles. The van der Waals surface area contributed by atoms with Gasteiger partial charge in [0.1, 0.15) is 6.04 Å². The molecule has 1 aliphatic heterocycles. The van der Waals surface area contributed by atoms with Crippen molar-refractivity contribution < 1.29 is 9.59 Å². The SMILES string of the molecule is O=C(C[C@@H]1C(=O)Nc2nc(SCc3ccccc3)nn21)Nc1ccc(Cl)cc1Cl. The minimum atomic E-state index is -0.769. The molecule has 1 atom stereocenters. The quantitative estimate of drug-likeness (QED) is 0.546. The Bertz CT molecular complexity index is 1070. The number of carbonyl (C=O) groups excluding carboxylic acids is 2. The number of aromatic nitrogens is 3. The molecule has 29 heavy (non-hydrogen) atoms. The fourth-order valence-electron chi connectivity index (χ4n) is 2.84. The molecular formula is C19H15Cl2N5O2S. The number of halogens is 2. The molecule has 0 saturated heterocycles. The summed E-state index contributed by atoms with van der Waals surface area (Å²) in [6.45, 7) is 0. The second kappa shape index (κ2) is 8.44. The Morgan fingerprint density at radius 3 is 2.76 bits per heavy atom. The lowest BCUT2D eigenvalue weighted by Gasteiger charge is -2.11. The molecule has 7 nitrogen and oxygen atoms in total. The van der Waals surface area contributed by atoms with Crippen molar-refractivity contribution >= 4 is 58.4 Å². The Balaban J connectivity index is 1.42. The molecule has 2 heterocycles. The standard InChI is InChI=1S/C19H15Cl2N5O2S/c20-12-6-7-14(13(21)8-12)22-16(27)9-15-17(28)23-18-24-19(25-26(15)18)29-10-11-4-2-1-3-5-11/h1-8,15H,9-10H2,(H,22,27)(H,23,24,25,28)/t15-/m1/s1. The molecule has 0 bridgehead atoms. The van der Waals surface area contributed by atoms with Crippen molar-refractivity contribution in [2.45, 2.75) is 23.4 Å². The lowest BCUT2D eigenvalue weighted by atomic mass is 10.2. The van der Waals surface area contributed by atoms with Gasteiger partial charge in [0.2, 0.25) is 17.0 Å². The van der Waals surface area contributed by atoms with E-state index in [4.69, 9.17) is 23.2 Å². The van der Waals surface area contributed by atoms with Crippen LogP contribution in [0.4, 0.5) is 11.6 Å². The average Bonchev–Trinajstić information content (AvgIpc) is 3.21. The molecule has 1 aliphatic rings. The first-order chi connectivity index (χ1) is 14.0. The van der Waals surface area contributed by atoms with Crippen molar-refractivity contribution in [3.8, 4) is 0 Å². The lowest BCUT2D eigenvalue weighted by molar-refractivity contribution is -0.123. The summed E-state index contributed by atoms with van der Waals surface area (Å²) in [5.41, 5.74) is 1.57. The number of anilines is 2. The number of hydrogen-bond donors (Lipinski definition) is 2. The number of carbonyl (C=O) groups is 2. The molecule has 2 N–H and O–H groups in total. The van der Waals surface area contributed by atoms with Crippen LogP contribution < -0.4 is 10.6 Å². The third kappa shape index (κ3) is 4.55. The van der Waals surface area contributed by atoms with Crippen LogP contribution in [0.25, 0.3) is 0 Å². The smallest absolute Gasteiger partial charge is 0.252 e. The molecule has 0 spiro atoms. The number of amides is 2. The summed E-state index contributed by atoms with van der Waals surface area (Å²) in [5.74, 6) is 0.361. The van der Waals surface area contributed by atoms with Crippen LogP contribution in [-0.2, 0) is 15.3 Å². The van der Waals surface area contributed by atoms with Crippen molar-refractivity contribution in [1.29, 1.82) is 0 Å². The molecule has 10 heteroatoms. The molecule has 0 radical (unpaired) electrons. The Morgan fingerprint density at radius 1 is 1.21 bits per heavy atom. The highest BCUT2D eigenvalue weighted by molar-refractivity contribution is 7.98. The first-order valence-corrected chi connectivity index (χ1v) is 10.4. The third-order valence-electron chi connectivity index (χ3n) is 4.24. The summed E-state index contributed by atoms with van der Waals surface area (Å²) < 4.78 is 1.46. The highest BCUT2D eigenvalue weighted by atomic mass is 35.5. The van der Waals surface area contributed by atoms with Gasteiger partial charge < -0.3 is 5.32 Å². The normalized spacial score (nSPS) is 15.1. The molecule has 0 aliphatic carbocycles. The Kier molecular flexibility index (Phi) is 5.75. The van der Waals surface area contributed by atoms with Gasteiger partial charge in [0.05, 0.1) is 17.1 Å². The van der Waals surface area contributed by atoms with Crippen LogP contribution in [0.2, 0.25) is 10.0 Å². The molecule has 1 aromatic heterocycles. The van der Waals surface area contributed by atoms with Gasteiger partial charge in [-0.1, -0.05) is 65.3 Å². The van der Waals surface area contributed by atoms with Crippen molar-refractivity contribution in [1.82, 2.24) is 14.8 Å². The largest absolute Gasteiger partial charge is 0.325 e. The number of rotatable bonds is 6. The number of thioether (sulfide) groups is 1. The van der Waals surface area contributed by atoms with Crippen LogP contribution in [-0.4, -0.2) is 26.6 Å². The predicted octanol–water partition coefficient (Wildman–Crippen LogP) is 4.40. The summed E-state index contributed by atoms with van der Waals surface area (Å²) in [4.78, 5) is 29.0. The van der Waals surface area contributed by atoms with Gasteiger partial charge in [-0.3, -0.25) is 14.9 Å². The maximum absolute atomic E-state index is 12.4. The van der Waals surface area contributed by atoms with Gasteiger partial charge in [-0.05, 0) is 23.8 Å². The maximum Gasteiger partial charge on any atom is 0.252 e. The van der Waals surface area contributed by atoms with E-state index in [1.807, 2.05) is 30.3 Å². The zero-order valence-electron chi connectivity index (χ0n) is 14.9. The number of benzene rings is 2. The molecule has 2 amide bonds. The van der Waals surface area contributed by atoms with Crippen LogP contribution in [0, 0.1) is 0 Å². The van der Waals surface area contributed by atoms with E-state index in [1.165, 1.54) is 22.5 Å². The van der Waals surface area contributed by atoms with E-state index >= 15 is 0 Å². The molecular weight excluding hydrogens is 433 g/mol. The van der Waals surface area contributed by atoms with Crippen molar-refractivity contribution in [3.05, 3.63) is 64.1 Å². The van der Waals surface area contributed by atoms with Crippen molar-refractivity contribution in [2.75, 3.05) is 10.6 Å². The van der Waals surface area contributed by atoms with Gasteiger partial charge in [-0.2, -0.15) is 4.98 Å². The number of hydrogen-bond acceptors (Lipinski definition) is 5. The first-order valence-electron chi connectivity index (χ1n) is 8.68. The average molecular weight is 448 g/mol. The summed E-state index contributed by atoms with van der Waals surface area (Å²) in [7, 11) is 0. The number of nitrogens with one attached hydrogen (secondary N) is 2. The Labute approximate surface area is 180 Å². The van der Waals surface area contributed by atoms with Gasteiger partial charge in [0.15, 0.2) is 0 Å².